The molecule has 0 bridgehead atoms. The Kier molecular flexibility index (Phi) is 2.65. The molecule has 0 aromatic carbocycles. The monoisotopic (exact) mass is 218 g/mol. The number of nitriles is 1. The van der Waals surface area contributed by atoms with Crippen molar-refractivity contribution in [2.24, 2.45) is 0 Å². The molecular formula is C9H6N4OS. The van der Waals surface area contributed by atoms with Crippen LogP contribution in [0, 0.1) is 18.3 Å². The largest absolute Gasteiger partial charge is 0.439 e. The summed E-state index contributed by atoms with van der Waals surface area (Å²) in [5, 5.41) is 9.57. The number of aryl methyl sites for hydroxylation is 1. The molecular weight excluding hydrogens is 212 g/mol. The normalized spacial score (nSPS) is 9.87. The standard InChI is InChI=1S/C9H6N4OS/c1-6-5-14-9(12-6)15-8-11-3-2-7(4-10)13-8/h2-3,5H,1H3. The van der Waals surface area contributed by atoms with Crippen LogP contribution in [0.1, 0.15) is 11.4 Å². The van der Waals surface area contributed by atoms with E-state index >= 15 is 0 Å². The Balaban J connectivity index is 2.21. The third-order valence-electron chi connectivity index (χ3n) is 1.52. The van der Waals surface area contributed by atoms with Crippen molar-refractivity contribution in [1.82, 2.24) is 15.0 Å². The fourth-order valence-electron chi connectivity index (χ4n) is 0.910. The molecule has 0 unspecified atom stereocenters. The number of aromatic nitrogens is 3. The summed E-state index contributed by atoms with van der Waals surface area (Å²) in [6, 6.07) is 3.49. The molecule has 0 atom stereocenters. The second kappa shape index (κ2) is 4.11. The smallest absolute Gasteiger partial charge is 0.263 e. The van der Waals surface area contributed by atoms with Gasteiger partial charge < -0.3 is 4.42 Å². The van der Waals surface area contributed by atoms with E-state index in [0.717, 1.165) is 5.69 Å². The molecule has 15 heavy (non-hydrogen) atoms. The molecule has 5 nitrogen and oxygen atoms in total. The number of hydrogen-bond acceptors (Lipinski definition) is 6. The van der Waals surface area contributed by atoms with Crippen LogP contribution in [0.25, 0.3) is 0 Å². The van der Waals surface area contributed by atoms with Crippen molar-refractivity contribution >= 4 is 11.8 Å². The fraction of sp³-hybridized carbons (Fsp3) is 0.111. The second-order valence-corrected chi connectivity index (χ2v) is 3.61. The molecule has 0 saturated carbocycles. The maximum absolute atomic E-state index is 8.64. The van der Waals surface area contributed by atoms with Crippen molar-refractivity contribution in [1.29, 1.82) is 5.26 Å². The van der Waals surface area contributed by atoms with E-state index in [9.17, 15) is 0 Å². The first-order valence-electron chi connectivity index (χ1n) is 4.11. The van der Waals surface area contributed by atoms with Gasteiger partial charge in [-0.15, -0.1) is 0 Å². The average molecular weight is 218 g/mol. The predicted octanol–water partition coefficient (Wildman–Crippen LogP) is 1.80. The van der Waals surface area contributed by atoms with Gasteiger partial charge in [-0.25, -0.2) is 15.0 Å². The zero-order valence-electron chi connectivity index (χ0n) is 7.84. The zero-order valence-corrected chi connectivity index (χ0v) is 8.65. The lowest BCUT2D eigenvalue weighted by molar-refractivity contribution is 0.453. The first-order valence-corrected chi connectivity index (χ1v) is 4.93. The van der Waals surface area contributed by atoms with Crippen LogP contribution in [0.5, 0.6) is 0 Å². The van der Waals surface area contributed by atoms with Crippen LogP contribution in [-0.4, -0.2) is 15.0 Å². The highest BCUT2D eigenvalue weighted by molar-refractivity contribution is 7.98. The second-order valence-electron chi connectivity index (χ2n) is 2.69. The van der Waals surface area contributed by atoms with Gasteiger partial charge in [0.2, 0.25) is 0 Å². The molecule has 0 fully saturated rings. The van der Waals surface area contributed by atoms with E-state index in [1.54, 1.807) is 12.3 Å². The zero-order chi connectivity index (χ0) is 10.7. The minimum absolute atomic E-state index is 0.329. The fourth-order valence-corrected chi connectivity index (χ4v) is 1.61. The molecule has 6 heteroatoms. The van der Waals surface area contributed by atoms with Gasteiger partial charge in [0.15, 0.2) is 5.16 Å². The Bertz CT molecular complexity index is 517. The van der Waals surface area contributed by atoms with E-state index in [-0.39, 0.29) is 0 Å². The van der Waals surface area contributed by atoms with Crippen LogP contribution in [0.2, 0.25) is 0 Å². The van der Waals surface area contributed by atoms with Gasteiger partial charge in [0.25, 0.3) is 5.22 Å². The molecule has 0 aliphatic carbocycles. The average Bonchev–Trinajstić information content (AvgIpc) is 2.64. The quantitative estimate of drug-likeness (QED) is 0.715. The van der Waals surface area contributed by atoms with E-state index in [0.29, 0.717) is 16.1 Å². The Hall–Kier alpha value is -1.87. The highest BCUT2D eigenvalue weighted by Crippen LogP contribution is 2.23. The summed E-state index contributed by atoms with van der Waals surface area (Å²) in [7, 11) is 0. The van der Waals surface area contributed by atoms with Gasteiger partial charge in [-0.05, 0) is 13.0 Å². The number of hydrogen-bond donors (Lipinski definition) is 0. The number of rotatable bonds is 2. The predicted molar refractivity (Wildman–Crippen MR) is 52.1 cm³/mol. The minimum atomic E-state index is 0.329. The molecule has 0 amide bonds. The minimum Gasteiger partial charge on any atom is -0.439 e. The Morgan fingerprint density at radius 3 is 3.00 bits per heavy atom. The Labute approximate surface area is 90.2 Å². The maximum atomic E-state index is 8.64. The molecule has 0 radical (unpaired) electrons. The molecule has 2 heterocycles. The summed E-state index contributed by atoms with van der Waals surface area (Å²) in [5.74, 6) is 0. The molecule has 0 aliphatic rings. The summed E-state index contributed by atoms with van der Waals surface area (Å²) in [6.45, 7) is 1.83. The Morgan fingerprint density at radius 2 is 2.33 bits per heavy atom. The molecule has 2 aromatic rings. The maximum Gasteiger partial charge on any atom is 0.263 e. The van der Waals surface area contributed by atoms with Gasteiger partial charge >= 0.3 is 0 Å². The van der Waals surface area contributed by atoms with Crippen LogP contribution in [0.15, 0.2) is 33.3 Å². The van der Waals surface area contributed by atoms with E-state index in [4.69, 9.17) is 9.68 Å². The molecule has 0 saturated heterocycles. The van der Waals surface area contributed by atoms with Crippen molar-refractivity contribution in [3.8, 4) is 6.07 Å². The molecule has 0 N–H and O–H groups in total. The van der Waals surface area contributed by atoms with Gasteiger partial charge in [-0.2, -0.15) is 5.26 Å². The van der Waals surface area contributed by atoms with Gasteiger partial charge in [0.1, 0.15) is 18.0 Å². The lowest BCUT2D eigenvalue weighted by Crippen LogP contribution is -1.88. The molecule has 0 spiro atoms. The van der Waals surface area contributed by atoms with Crippen LogP contribution < -0.4 is 0 Å². The van der Waals surface area contributed by atoms with Gasteiger partial charge in [0.05, 0.1) is 5.69 Å². The van der Waals surface area contributed by atoms with Crippen molar-refractivity contribution in [2.75, 3.05) is 0 Å². The summed E-state index contributed by atoms with van der Waals surface area (Å²) in [4.78, 5) is 12.1. The van der Waals surface area contributed by atoms with E-state index in [2.05, 4.69) is 15.0 Å². The van der Waals surface area contributed by atoms with Crippen LogP contribution in [-0.2, 0) is 0 Å². The van der Waals surface area contributed by atoms with Crippen LogP contribution in [0.4, 0.5) is 0 Å². The lowest BCUT2D eigenvalue weighted by atomic mass is 10.5. The summed E-state index contributed by atoms with van der Waals surface area (Å²) in [5.41, 5.74) is 1.13. The van der Waals surface area contributed by atoms with Crippen molar-refractivity contribution in [3.05, 3.63) is 29.9 Å². The highest BCUT2D eigenvalue weighted by atomic mass is 32.2. The molecule has 2 aromatic heterocycles. The number of nitrogens with zero attached hydrogens (tertiary/aromatic N) is 4. The van der Waals surface area contributed by atoms with E-state index in [1.165, 1.54) is 18.0 Å². The van der Waals surface area contributed by atoms with E-state index < -0.39 is 0 Å². The first-order chi connectivity index (χ1) is 7.28. The first kappa shape index (κ1) is 9.68. The summed E-state index contributed by atoms with van der Waals surface area (Å²) in [6.07, 6.45) is 3.08. The van der Waals surface area contributed by atoms with Crippen molar-refractivity contribution < 1.29 is 4.42 Å². The third-order valence-corrected chi connectivity index (χ3v) is 2.27. The van der Waals surface area contributed by atoms with Crippen LogP contribution in [0.3, 0.4) is 0 Å². The molecule has 74 valence electrons. The van der Waals surface area contributed by atoms with Gasteiger partial charge in [-0.3, -0.25) is 0 Å². The SMILES string of the molecule is Cc1coc(Sc2nccc(C#N)n2)n1. The third kappa shape index (κ3) is 2.33. The van der Waals surface area contributed by atoms with Gasteiger partial charge in [0, 0.05) is 18.0 Å². The van der Waals surface area contributed by atoms with E-state index in [1.807, 2.05) is 13.0 Å². The molecule has 0 aliphatic heterocycles. The lowest BCUT2D eigenvalue weighted by Gasteiger charge is -1.94. The topological polar surface area (TPSA) is 75.6 Å². The summed E-state index contributed by atoms with van der Waals surface area (Å²) >= 11 is 1.19. The van der Waals surface area contributed by atoms with Crippen molar-refractivity contribution in [3.63, 3.8) is 0 Å². The van der Waals surface area contributed by atoms with Crippen LogP contribution >= 0.6 is 11.8 Å². The van der Waals surface area contributed by atoms with Gasteiger partial charge in [-0.1, -0.05) is 0 Å². The summed E-state index contributed by atoms with van der Waals surface area (Å²) < 4.78 is 5.13. The number of oxazole rings is 1. The molecule has 2 rings (SSSR count). The Morgan fingerprint density at radius 1 is 1.47 bits per heavy atom. The highest BCUT2D eigenvalue weighted by Gasteiger charge is 2.06. The van der Waals surface area contributed by atoms with Crippen molar-refractivity contribution in [2.45, 2.75) is 17.3 Å².